The van der Waals surface area contributed by atoms with E-state index in [9.17, 15) is 22.4 Å². The van der Waals surface area contributed by atoms with Crippen LogP contribution in [0.4, 0.5) is 29.3 Å². The molecule has 1 aromatic heterocycles. The Morgan fingerprint density at radius 1 is 1.16 bits per heavy atom. The van der Waals surface area contributed by atoms with Crippen molar-refractivity contribution in [3.63, 3.8) is 0 Å². The van der Waals surface area contributed by atoms with Crippen LogP contribution in [0.25, 0.3) is 0 Å². The Bertz CT molecular complexity index is 948. The first-order valence-electron chi connectivity index (χ1n) is 10.9. The molecule has 4 rings (SSSR count). The smallest absolute Gasteiger partial charge is 0.396 e. The Kier molecular flexibility index (Phi) is 6.57. The molecule has 1 aliphatic carbocycles. The molecule has 2 aliphatic rings. The molecule has 0 unspecified atom stereocenters. The number of hydrogen-bond acceptors (Lipinski definition) is 5. The normalized spacial score (nSPS) is 17.6. The van der Waals surface area contributed by atoms with Gasteiger partial charge in [0.25, 0.3) is 11.9 Å². The van der Waals surface area contributed by atoms with E-state index in [4.69, 9.17) is 9.15 Å². The number of ether oxygens (including phenoxy) is 1. The number of rotatable bonds is 6. The molecule has 2 heterocycles. The first-order chi connectivity index (χ1) is 15.3. The average Bonchev–Trinajstić information content (AvgIpc) is 3.40. The number of anilines is 2. The quantitative estimate of drug-likeness (QED) is 0.584. The molecule has 0 atom stereocenters. The third kappa shape index (κ3) is 5.52. The maximum Gasteiger partial charge on any atom is 0.396 e. The predicted molar refractivity (Wildman–Crippen MR) is 110 cm³/mol. The van der Waals surface area contributed by atoms with E-state index in [0.717, 1.165) is 51.0 Å². The van der Waals surface area contributed by atoms with Gasteiger partial charge in [0.2, 0.25) is 0 Å². The molecule has 0 bridgehead atoms. The van der Waals surface area contributed by atoms with Crippen molar-refractivity contribution in [2.45, 2.75) is 63.6 Å². The van der Waals surface area contributed by atoms with Gasteiger partial charge in [-0.1, -0.05) is 6.42 Å². The van der Waals surface area contributed by atoms with Crippen LogP contribution in [0.1, 0.15) is 61.2 Å². The number of oxazole rings is 1. The van der Waals surface area contributed by atoms with E-state index >= 15 is 0 Å². The maximum atomic E-state index is 14.5. The molecular weight excluding hydrogens is 430 g/mol. The van der Waals surface area contributed by atoms with Crippen molar-refractivity contribution in [3.8, 4) is 5.75 Å². The number of hydrogen-bond donors (Lipinski definition) is 1. The van der Waals surface area contributed by atoms with Crippen molar-refractivity contribution in [2.24, 2.45) is 0 Å². The number of nitrogens with zero attached hydrogens (tertiary/aromatic N) is 2. The van der Waals surface area contributed by atoms with Gasteiger partial charge in [0, 0.05) is 24.8 Å². The lowest BCUT2D eigenvalue weighted by Gasteiger charge is -2.23. The van der Waals surface area contributed by atoms with Gasteiger partial charge in [0.05, 0.1) is 6.10 Å². The van der Waals surface area contributed by atoms with Crippen LogP contribution in [0.5, 0.6) is 5.75 Å². The molecule has 2 aromatic rings. The standard InChI is InChI=1S/C22H25F4N3O3/c23-16-12-14(8-9-17(16)31-15-6-2-1-3-7-15)27-20(30)19-18(13-22(24,25)26)32-21(28-19)29-10-4-5-11-29/h8-9,12,15H,1-7,10-11,13H2,(H,27,30). The third-order valence-corrected chi connectivity index (χ3v) is 5.67. The summed E-state index contributed by atoms with van der Waals surface area (Å²) in [6.07, 6.45) is 0.667. The van der Waals surface area contributed by atoms with Crippen LogP contribution in [0.2, 0.25) is 0 Å². The highest BCUT2D eigenvalue weighted by atomic mass is 19.4. The minimum Gasteiger partial charge on any atom is -0.487 e. The number of carbonyl (C=O) groups is 1. The Morgan fingerprint density at radius 2 is 1.88 bits per heavy atom. The van der Waals surface area contributed by atoms with Gasteiger partial charge < -0.3 is 19.4 Å². The minimum atomic E-state index is -4.57. The Balaban J connectivity index is 1.49. The lowest BCUT2D eigenvalue weighted by Crippen LogP contribution is -2.20. The first-order valence-corrected chi connectivity index (χ1v) is 10.9. The zero-order valence-corrected chi connectivity index (χ0v) is 17.5. The topological polar surface area (TPSA) is 67.6 Å². The van der Waals surface area contributed by atoms with Crippen LogP contribution >= 0.6 is 0 Å². The molecule has 0 spiro atoms. The summed E-state index contributed by atoms with van der Waals surface area (Å²) in [5.74, 6) is -2.01. The van der Waals surface area contributed by atoms with Gasteiger partial charge in [-0.05, 0) is 50.7 Å². The second kappa shape index (κ2) is 9.38. The van der Waals surface area contributed by atoms with E-state index < -0.39 is 35.8 Å². The molecule has 10 heteroatoms. The number of aromatic nitrogens is 1. The summed E-state index contributed by atoms with van der Waals surface area (Å²) in [5, 5.41) is 2.42. The third-order valence-electron chi connectivity index (χ3n) is 5.67. The number of benzene rings is 1. The van der Waals surface area contributed by atoms with E-state index in [0.29, 0.717) is 13.1 Å². The van der Waals surface area contributed by atoms with Crippen molar-refractivity contribution in [1.29, 1.82) is 0 Å². The Labute approximate surface area is 182 Å². The van der Waals surface area contributed by atoms with Gasteiger partial charge in [-0.15, -0.1) is 0 Å². The number of nitrogens with one attached hydrogen (secondary N) is 1. The molecule has 2 fully saturated rings. The van der Waals surface area contributed by atoms with E-state index in [1.54, 1.807) is 4.90 Å². The molecule has 1 aromatic carbocycles. The zero-order chi connectivity index (χ0) is 22.7. The first kappa shape index (κ1) is 22.4. The number of alkyl halides is 3. The van der Waals surface area contributed by atoms with Crippen molar-refractivity contribution >= 4 is 17.6 Å². The largest absolute Gasteiger partial charge is 0.487 e. The zero-order valence-electron chi connectivity index (χ0n) is 17.5. The van der Waals surface area contributed by atoms with Gasteiger partial charge in [0.1, 0.15) is 12.2 Å². The second-order valence-corrected chi connectivity index (χ2v) is 8.23. The monoisotopic (exact) mass is 455 g/mol. The van der Waals surface area contributed by atoms with Crippen LogP contribution in [0.15, 0.2) is 22.6 Å². The highest BCUT2D eigenvalue weighted by Gasteiger charge is 2.35. The molecule has 174 valence electrons. The van der Waals surface area contributed by atoms with Crippen molar-refractivity contribution in [1.82, 2.24) is 4.98 Å². The summed E-state index contributed by atoms with van der Waals surface area (Å²) in [5.41, 5.74) is -0.362. The number of halogens is 4. The lowest BCUT2D eigenvalue weighted by molar-refractivity contribution is -0.130. The van der Waals surface area contributed by atoms with E-state index in [2.05, 4.69) is 10.3 Å². The molecule has 6 nitrogen and oxygen atoms in total. The highest BCUT2D eigenvalue weighted by molar-refractivity contribution is 6.03. The summed E-state index contributed by atoms with van der Waals surface area (Å²) in [6.45, 7) is 1.20. The van der Waals surface area contributed by atoms with Crippen LogP contribution in [-0.2, 0) is 6.42 Å². The number of carbonyl (C=O) groups excluding carboxylic acids is 1. The van der Waals surface area contributed by atoms with Crippen molar-refractivity contribution in [2.75, 3.05) is 23.3 Å². The van der Waals surface area contributed by atoms with Gasteiger partial charge in [-0.25, -0.2) is 4.39 Å². The molecule has 1 amide bonds. The Hall–Kier alpha value is -2.78. The fraction of sp³-hybridized carbons (Fsp3) is 0.545. The summed E-state index contributed by atoms with van der Waals surface area (Å²) < 4.78 is 64.5. The molecule has 1 saturated heterocycles. The molecule has 32 heavy (non-hydrogen) atoms. The van der Waals surface area contributed by atoms with E-state index in [-0.39, 0.29) is 23.6 Å². The summed E-state index contributed by atoms with van der Waals surface area (Å²) in [7, 11) is 0. The van der Waals surface area contributed by atoms with Crippen LogP contribution in [-0.4, -0.2) is 36.3 Å². The lowest BCUT2D eigenvalue weighted by atomic mass is 9.98. The van der Waals surface area contributed by atoms with E-state index in [1.807, 2.05) is 0 Å². The summed E-state index contributed by atoms with van der Waals surface area (Å²) in [4.78, 5) is 18.4. The van der Waals surface area contributed by atoms with Gasteiger partial charge in [-0.3, -0.25) is 4.79 Å². The summed E-state index contributed by atoms with van der Waals surface area (Å²) in [6, 6.07) is 3.94. The Morgan fingerprint density at radius 3 is 2.53 bits per heavy atom. The van der Waals surface area contributed by atoms with Crippen molar-refractivity contribution < 1.29 is 31.5 Å². The van der Waals surface area contributed by atoms with Gasteiger partial charge >= 0.3 is 6.18 Å². The second-order valence-electron chi connectivity index (χ2n) is 8.23. The fourth-order valence-electron chi connectivity index (χ4n) is 4.09. The van der Waals surface area contributed by atoms with Gasteiger partial charge in [-0.2, -0.15) is 18.2 Å². The van der Waals surface area contributed by atoms with Gasteiger partial charge in [0.15, 0.2) is 17.3 Å². The maximum absolute atomic E-state index is 14.5. The van der Waals surface area contributed by atoms with Crippen LogP contribution in [0.3, 0.4) is 0 Å². The molecule has 1 saturated carbocycles. The van der Waals surface area contributed by atoms with E-state index in [1.165, 1.54) is 12.1 Å². The van der Waals surface area contributed by atoms with Crippen LogP contribution < -0.4 is 15.0 Å². The molecule has 0 radical (unpaired) electrons. The summed E-state index contributed by atoms with van der Waals surface area (Å²) >= 11 is 0. The SMILES string of the molecule is O=C(Nc1ccc(OC2CCCCC2)c(F)c1)c1nc(N2CCCC2)oc1CC(F)(F)F. The van der Waals surface area contributed by atoms with Crippen molar-refractivity contribution in [3.05, 3.63) is 35.5 Å². The molecular formula is C22H25F4N3O3. The average molecular weight is 455 g/mol. The molecule has 1 aliphatic heterocycles. The fourth-order valence-corrected chi connectivity index (χ4v) is 4.09. The minimum absolute atomic E-state index is 0.00527. The molecule has 1 N–H and O–H groups in total. The number of amides is 1. The highest BCUT2D eigenvalue weighted by Crippen LogP contribution is 2.30. The van der Waals surface area contributed by atoms with Crippen LogP contribution in [0, 0.1) is 5.82 Å². The predicted octanol–water partition coefficient (Wildman–Crippen LogP) is 5.48.